The summed E-state index contributed by atoms with van der Waals surface area (Å²) < 4.78 is 0.726. The summed E-state index contributed by atoms with van der Waals surface area (Å²) in [6.45, 7) is 0.586. The highest BCUT2D eigenvalue weighted by Crippen LogP contribution is 2.24. The largest absolute Gasteiger partial charge is 0.507 e. The number of halogens is 1. The average Bonchev–Trinajstić information content (AvgIpc) is 2.39. The van der Waals surface area contributed by atoms with E-state index < -0.39 is 0 Å². The first-order valence-electron chi connectivity index (χ1n) is 6.51. The normalized spacial score (nSPS) is 23.1. The zero-order valence-corrected chi connectivity index (χ0v) is 12.8. The number of phenols is 1. The van der Waals surface area contributed by atoms with Crippen LogP contribution in [0, 0.1) is 9.49 Å². The van der Waals surface area contributed by atoms with Gasteiger partial charge in [-0.1, -0.05) is 6.42 Å². The molecule has 1 fully saturated rings. The first-order chi connectivity index (χ1) is 9.06. The van der Waals surface area contributed by atoms with E-state index >= 15 is 0 Å². The van der Waals surface area contributed by atoms with Crippen LogP contribution in [0.1, 0.15) is 36.0 Å². The van der Waals surface area contributed by atoms with Gasteiger partial charge < -0.3 is 15.5 Å². The molecule has 0 aliphatic heterocycles. The third kappa shape index (κ3) is 4.07. The topological polar surface area (TPSA) is 69.6 Å². The van der Waals surface area contributed by atoms with Crippen molar-refractivity contribution in [2.24, 2.45) is 5.92 Å². The Kier molecular flexibility index (Phi) is 5.04. The highest BCUT2D eigenvalue weighted by molar-refractivity contribution is 14.1. The minimum Gasteiger partial charge on any atom is -0.507 e. The fourth-order valence-electron chi connectivity index (χ4n) is 2.44. The summed E-state index contributed by atoms with van der Waals surface area (Å²) in [5.41, 5.74) is 0.467. The molecule has 2 unspecified atom stereocenters. The maximum atomic E-state index is 11.9. The van der Waals surface area contributed by atoms with Gasteiger partial charge in [0.1, 0.15) is 5.75 Å². The maximum Gasteiger partial charge on any atom is 0.251 e. The van der Waals surface area contributed by atoms with Crippen molar-refractivity contribution in [1.29, 1.82) is 0 Å². The molecule has 0 saturated heterocycles. The van der Waals surface area contributed by atoms with Gasteiger partial charge in [0.25, 0.3) is 5.91 Å². The Hall–Kier alpha value is -0.820. The van der Waals surface area contributed by atoms with Crippen molar-refractivity contribution < 1.29 is 15.0 Å². The molecule has 0 spiro atoms. The Morgan fingerprint density at radius 1 is 1.42 bits per heavy atom. The maximum absolute atomic E-state index is 11.9. The van der Waals surface area contributed by atoms with Gasteiger partial charge in [0.2, 0.25) is 0 Å². The number of aromatic hydroxyl groups is 1. The Bertz CT molecular complexity index is 464. The molecule has 1 amide bonds. The molecule has 0 radical (unpaired) electrons. The highest BCUT2D eigenvalue weighted by Gasteiger charge is 2.20. The molecule has 1 aliphatic rings. The molecule has 0 bridgehead atoms. The second-order valence-corrected chi connectivity index (χ2v) is 6.22. The summed E-state index contributed by atoms with van der Waals surface area (Å²) in [5, 5.41) is 22.0. The van der Waals surface area contributed by atoms with Gasteiger partial charge in [-0.2, -0.15) is 0 Å². The first-order valence-corrected chi connectivity index (χ1v) is 7.59. The van der Waals surface area contributed by atoms with Crippen molar-refractivity contribution in [2.75, 3.05) is 6.54 Å². The van der Waals surface area contributed by atoms with Crippen LogP contribution < -0.4 is 5.32 Å². The molecular formula is C14H18INO3. The summed E-state index contributed by atoms with van der Waals surface area (Å²) in [7, 11) is 0. The van der Waals surface area contributed by atoms with Gasteiger partial charge in [-0.05, 0) is 66.0 Å². The van der Waals surface area contributed by atoms with E-state index in [1.165, 1.54) is 6.07 Å². The molecular weight excluding hydrogens is 357 g/mol. The standard InChI is InChI=1S/C14H18INO3/c15-12-5-4-10(7-13(12)18)14(19)16-8-9-2-1-3-11(17)6-9/h4-5,7,9,11,17-18H,1-3,6,8H2,(H,16,19). The van der Waals surface area contributed by atoms with Crippen molar-refractivity contribution in [2.45, 2.75) is 31.8 Å². The van der Waals surface area contributed by atoms with E-state index in [1.807, 2.05) is 22.6 Å². The molecule has 1 aromatic carbocycles. The fourth-order valence-corrected chi connectivity index (χ4v) is 2.78. The minimum atomic E-state index is -0.224. The molecule has 3 N–H and O–H groups in total. The second-order valence-electron chi connectivity index (χ2n) is 5.06. The van der Waals surface area contributed by atoms with Crippen LogP contribution in [-0.4, -0.2) is 28.8 Å². The van der Waals surface area contributed by atoms with E-state index in [0.29, 0.717) is 18.0 Å². The summed E-state index contributed by atoms with van der Waals surface area (Å²) in [4.78, 5) is 11.9. The number of phenolic OH excluding ortho intramolecular Hbond substituents is 1. The van der Waals surface area contributed by atoms with Crippen LogP contribution in [0.25, 0.3) is 0 Å². The molecule has 0 aromatic heterocycles. The highest BCUT2D eigenvalue weighted by atomic mass is 127. The van der Waals surface area contributed by atoms with Crippen LogP contribution in [0.5, 0.6) is 5.75 Å². The Balaban J connectivity index is 1.88. The molecule has 2 rings (SSSR count). The summed E-state index contributed by atoms with van der Waals surface area (Å²) in [6, 6.07) is 4.90. The number of aliphatic hydroxyl groups is 1. The molecule has 19 heavy (non-hydrogen) atoms. The molecule has 5 heteroatoms. The third-order valence-corrected chi connectivity index (χ3v) is 4.43. The number of amides is 1. The van der Waals surface area contributed by atoms with E-state index in [0.717, 1.165) is 29.3 Å². The van der Waals surface area contributed by atoms with Crippen molar-refractivity contribution in [3.63, 3.8) is 0 Å². The van der Waals surface area contributed by atoms with Gasteiger partial charge in [0.15, 0.2) is 0 Å². The summed E-state index contributed by atoms with van der Waals surface area (Å²) in [5.74, 6) is 0.304. The monoisotopic (exact) mass is 375 g/mol. The summed E-state index contributed by atoms with van der Waals surface area (Å²) >= 11 is 2.01. The Morgan fingerprint density at radius 3 is 2.89 bits per heavy atom. The molecule has 1 aromatic rings. The van der Waals surface area contributed by atoms with Crippen molar-refractivity contribution in [3.05, 3.63) is 27.3 Å². The van der Waals surface area contributed by atoms with E-state index in [2.05, 4.69) is 5.32 Å². The first kappa shape index (κ1) is 14.6. The van der Waals surface area contributed by atoms with Crippen LogP contribution >= 0.6 is 22.6 Å². The smallest absolute Gasteiger partial charge is 0.251 e. The predicted octanol–water partition coefficient (Wildman–Crippen LogP) is 2.28. The third-order valence-electron chi connectivity index (χ3n) is 3.51. The number of carbonyl (C=O) groups is 1. The van der Waals surface area contributed by atoms with E-state index in [1.54, 1.807) is 12.1 Å². The molecule has 0 heterocycles. The fraction of sp³-hybridized carbons (Fsp3) is 0.500. The van der Waals surface area contributed by atoms with Gasteiger partial charge in [-0.15, -0.1) is 0 Å². The Labute approximate surface area is 126 Å². The number of carbonyl (C=O) groups excluding carboxylic acids is 1. The lowest BCUT2D eigenvalue weighted by atomic mass is 9.87. The molecule has 1 saturated carbocycles. The van der Waals surface area contributed by atoms with E-state index in [9.17, 15) is 15.0 Å². The van der Waals surface area contributed by atoms with Crippen LogP contribution in [0.15, 0.2) is 18.2 Å². The number of benzene rings is 1. The van der Waals surface area contributed by atoms with E-state index in [4.69, 9.17) is 0 Å². The van der Waals surface area contributed by atoms with Gasteiger partial charge in [-0.25, -0.2) is 0 Å². The van der Waals surface area contributed by atoms with Crippen molar-refractivity contribution in [3.8, 4) is 5.75 Å². The number of rotatable bonds is 3. The lowest BCUT2D eigenvalue weighted by Gasteiger charge is -2.25. The molecule has 2 atom stereocenters. The average molecular weight is 375 g/mol. The minimum absolute atomic E-state index is 0.126. The Morgan fingerprint density at radius 2 is 2.21 bits per heavy atom. The molecule has 1 aliphatic carbocycles. The molecule has 4 nitrogen and oxygen atoms in total. The van der Waals surface area contributed by atoms with Gasteiger partial charge in [0, 0.05) is 12.1 Å². The number of nitrogens with one attached hydrogen (secondary N) is 1. The number of aliphatic hydroxyl groups excluding tert-OH is 1. The lowest BCUT2D eigenvalue weighted by Crippen LogP contribution is -2.32. The van der Waals surface area contributed by atoms with Crippen LogP contribution in [0.2, 0.25) is 0 Å². The van der Waals surface area contributed by atoms with Crippen LogP contribution in [0.4, 0.5) is 0 Å². The summed E-state index contributed by atoms with van der Waals surface area (Å²) in [6.07, 6.45) is 3.48. The van der Waals surface area contributed by atoms with E-state index in [-0.39, 0.29) is 17.8 Å². The van der Waals surface area contributed by atoms with Gasteiger partial charge in [0.05, 0.1) is 9.67 Å². The quantitative estimate of drug-likeness (QED) is 0.710. The van der Waals surface area contributed by atoms with Crippen molar-refractivity contribution in [1.82, 2.24) is 5.32 Å². The zero-order valence-electron chi connectivity index (χ0n) is 10.6. The van der Waals surface area contributed by atoms with Crippen LogP contribution in [-0.2, 0) is 0 Å². The van der Waals surface area contributed by atoms with Gasteiger partial charge >= 0.3 is 0 Å². The second kappa shape index (κ2) is 6.56. The predicted molar refractivity (Wildman–Crippen MR) is 81.1 cm³/mol. The van der Waals surface area contributed by atoms with Crippen LogP contribution in [0.3, 0.4) is 0 Å². The number of hydrogen-bond donors (Lipinski definition) is 3. The zero-order chi connectivity index (χ0) is 13.8. The SMILES string of the molecule is O=C(NCC1CCCC(O)C1)c1ccc(I)c(O)c1. The van der Waals surface area contributed by atoms with Gasteiger partial charge in [-0.3, -0.25) is 4.79 Å². The lowest BCUT2D eigenvalue weighted by molar-refractivity contribution is 0.0873. The molecule has 104 valence electrons. The van der Waals surface area contributed by atoms with Crippen molar-refractivity contribution >= 4 is 28.5 Å². The number of hydrogen-bond acceptors (Lipinski definition) is 3.